The maximum atomic E-state index is 12.6. The predicted molar refractivity (Wildman–Crippen MR) is 84.7 cm³/mol. The predicted octanol–water partition coefficient (Wildman–Crippen LogP) is 2.44. The Balaban J connectivity index is 1.65. The van der Waals surface area contributed by atoms with Crippen LogP contribution in [-0.4, -0.2) is 49.8 Å². The Morgan fingerprint density at radius 3 is 2.77 bits per heavy atom. The zero-order chi connectivity index (χ0) is 15.4. The second kappa shape index (κ2) is 7.25. The number of carbonyl (C=O) groups excluding carboxylic acids is 1. The molecule has 0 unspecified atom stereocenters. The Morgan fingerprint density at radius 1 is 1.27 bits per heavy atom. The average Bonchev–Trinajstić information content (AvgIpc) is 2.62. The van der Waals surface area contributed by atoms with Gasteiger partial charge in [0, 0.05) is 13.1 Å². The van der Waals surface area contributed by atoms with Crippen molar-refractivity contribution in [2.75, 3.05) is 32.9 Å². The zero-order valence-corrected chi connectivity index (χ0v) is 13.2. The highest BCUT2D eigenvalue weighted by atomic mass is 16.6. The van der Waals surface area contributed by atoms with Gasteiger partial charge in [-0.3, -0.25) is 4.79 Å². The van der Waals surface area contributed by atoms with Crippen molar-refractivity contribution in [1.29, 1.82) is 0 Å². The third kappa shape index (κ3) is 3.33. The van der Waals surface area contributed by atoms with Crippen molar-refractivity contribution in [1.82, 2.24) is 4.90 Å². The number of piperidine rings is 1. The van der Waals surface area contributed by atoms with Crippen LogP contribution in [0.15, 0.2) is 30.3 Å². The SMILES string of the molecule is CC[C@@H]1CN(C(=O)[C@H]2COCCO2)CC[C@@H]1c1ccccc1. The molecule has 120 valence electrons. The minimum absolute atomic E-state index is 0.102. The molecular weight excluding hydrogens is 278 g/mol. The van der Waals surface area contributed by atoms with E-state index in [1.807, 2.05) is 4.90 Å². The first kappa shape index (κ1) is 15.5. The van der Waals surface area contributed by atoms with Gasteiger partial charge in [-0.25, -0.2) is 0 Å². The second-order valence-corrected chi connectivity index (χ2v) is 6.19. The van der Waals surface area contributed by atoms with Crippen LogP contribution >= 0.6 is 0 Å². The summed E-state index contributed by atoms with van der Waals surface area (Å²) >= 11 is 0. The monoisotopic (exact) mass is 303 g/mol. The number of rotatable bonds is 3. The second-order valence-electron chi connectivity index (χ2n) is 6.19. The molecule has 3 atom stereocenters. The van der Waals surface area contributed by atoms with Crippen LogP contribution in [0, 0.1) is 5.92 Å². The lowest BCUT2D eigenvalue weighted by atomic mass is 9.79. The summed E-state index contributed by atoms with van der Waals surface area (Å²) in [5.74, 6) is 1.17. The lowest BCUT2D eigenvalue weighted by Gasteiger charge is -2.40. The molecule has 0 N–H and O–H groups in total. The fourth-order valence-electron chi connectivity index (χ4n) is 3.62. The van der Waals surface area contributed by atoms with Crippen molar-refractivity contribution in [3.05, 3.63) is 35.9 Å². The lowest BCUT2D eigenvalue weighted by molar-refractivity contribution is -0.159. The maximum absolute atomic E-state index is 12.6. The molecule has 3 rings (SSSR count). The summed E-state index contributed by atoms with van der Waals surface area (Å²) in [5.41, 5.74) is 1.40. The van der Waals surface area contributed by atoms with Crippen molar-refractivity contribution in [2.24, 2.45) is 5.92 Å². The molecule has 2 aliphatic rings. The fraction of sp³-hybridized carbons (Fsp3) is 0.611. The van der Waals surface area contributed by atoms with E-state index in [0.29, 0.717) is 31.7 Å². The van der Waals surface area contributed by atoms with Crippen LogP contribution in [0.3, 0.4) is 0 Å². The number of hydrogen-bond acceptors (Lipinski definition) is 3. The van der Waals surface area contributed by atoms with E-state index in [-0.39, 0.29) is 5.91 Å². The van der Waals surface area contributed by atoms with E-state index in [0.717, 1.165) is 25.9 Å². The van der Waals surface area contributed by atoms with Gasteiger partial charge in [0.2, 0.25) is 0 Å². The molecule has 1 amide bonds. The van der Waals surface area contributed by atoms with Gasteiger partial charge < -0.3 is 14.4 Å². The van der Waals surface area contributed by atoms with Gasteiger partial charge in [0.05, 0.1) is 19.8 Å². The topological polar surface area (TPSA) is 38.8 Å². The van der Waals surface area contributed by atoms with Crippen LogP contribution in [0.1, 0.15) is 31.2 Å². The Kier molecular flexibility index (Phi) is 5.11. The number of carbonyl (C=O) groups is 1. The van der Waals surface area contributed by atoms with Crippen molar-refractivity contribution >= 4 is 5.91 Å². The number of likely N-dealkylation sites (tertiary alicyclic amines) is 1. The smallest absolute Gasteiger partial charge is 0.254 e. The molecule has 0 bridgehead atoms. The molecule has 0 saturated carbocycles. The highest BCUT2D eigenvalue weighted by Crippen LogP contribution is 2.35. The van der Waals surface area contributed by atoms with Gasteiger partial charge in [-0.1, -0.05) is 43.7 Å². The first-order chi connectivity index (χ1) is 10.8. The quantitative estimate of drug-likeness (QED) is 0.861. The normalized spacial score (nSPS) is 29.3. The first-order valence-electron chi connectivity index (χ1n) is 8.32. The standard InChI is InChI=1S/C18H25NO3/c1-2-14-12-19(18(20)17-13-21-10-11-22-17)9-8-16(14)15-6-4-3-5-7-15/h3-7,14,16-17H,2,8-13H2,1H3/t14-,16+,17-/m1/s1. The number of hydrogen-bond donors (Lipinski definition) is 0. The largest absolute Gasteiger partial charge is 0.376 e. The highest BCUT2D eigenvalue weighted by molar-refractivity contribution is 5.81. The molecule has 1 aromatic rings. The Hall–Kier alpha value is -1.39. The number of amides is 1. The van der Waals surface area contributed by atoms with E-state index in [4.69, 9.17) is 9.47 Å². The van der Waals surface area contributed by atoms with Gasteiger partial charge in [0.25, 0.3) is 5.91 Å². The van der Waals surface area contributed by atoms with E-state index < -0.39 is 6.10 Å². The van der Waals surface area contributed by atoms with E-state index in [1.165, 1.54) is 5.56 Å². The maximum Gasteiger partial charge on any atom is 0.254 e. The van der Waals surface area contributed by atoms with Crippen molar-refractivity contribution in [3.63, 3.8) is 0 Å². The summed E-state index contributed by atoms with van der Waals surface area (Å²) in [7, 11) is 0. The molecule has 0 radical (unpaired) electrons. The van der Waals surface area contributed by atoms with Gasteiger partial charge in [-0.05, 0) is 23.8 Å². The third-order valence-electron chi connectivity index (χ3n) is 4.89. The molecule has 22 heavy (non-hydrogen) atoms. The van der Waals surface area contributed by atoms with Crippen molar-refractivity contribution in [3.8, 4) is 0 Å². The Labute approximate surface area is 132 Å². The van der Waals surface area contributed by atoms with Crippen LogP contribution < -0.4 is 0 Å². The zero-order valence-electron chi connectivity index (χ0n) is 13.2. The molecule has 4 heteroatoms. The summed E-state index contributed by atoms with van der Waals surface area (Å²) in [4.78, 5) is 14.6. The molecule has 2 heterocycles. The number of ether oxygens (including phenoxy) is 2. The number of nitrogens with zero attached hydrogens (tertiary/aromatic N) is 1. The van der Waals surface area contributed by atoms with E-state index in [1.54, 1.807) is 0 Å². The van der Waals surface area contributed by atoms with Gasteiger partial charge in [0.1, 0.15) is 0 Å². The van der Waals surface area contributed by atoms with Crippen LogP contribution in [0.25, 0.3) is 0 Å². The molecule has 1 aromatic carbocycles. The third-order valence-corrected chi connectivity index (χ3v) is 4.89. The number of benzene rings is 1. The van der Waals surface area contributed by atoms with Gasteiger partial charge in [0.15, 0.2) is 6.10 Å². The van der Waals surface area contributed by atoms with Crippen LogP contribution in [-0.2, 0) is 14.3 Å². The highest BCUT2D eigenvalue weighted by Gasteiger charge is 2.34. The summed E-state index contributed by atoms with van der Waals surface area (Å²) in [6, 6.07) is 10.7. The van der Waals surface area contributed by atoms with E-state index in [2.05, 4.69) is 37.3 Å². The summed E-state index contributed by atoms with van der Waals surface area (Å²) < 4.78 is 10.9. The molecular formula is C18H25NO3. The summed E-state index contributed by atoms with van der Waals surface area (Å²) in [6.45, 7) is 5.37. The molecule has 2 fully saturated rings. The van der Waals surface area contributed by atoms with Crippen molar-refractivity contribution < 1.29 is 14.3 Å². The molecule has 2 saturated heterocycles. The van der Waals surface area contributed by atoms with E-state index in [9.17, 15) is 4.79 Å². The van der Waals surface area contributed by atoms with Crippen molar-refractivity contribution in [2.45, 2.75) is 31.8 Å². The Bertz CT molecular complexity index is 484. The van der Waals surface area contributed by atoms with Gasteiger partial charge in [-0.2, -0.15) is 0 Å². The fourth-order valence-corrected chi connectivity index (χ4v) is 3.62. The molecule has 4 nitrogen and oxygen atoms in total. The van der Waals surface area contributed by atoms with Crippen LogP contribution in [0.2, 0.25) is 0 Å². The van der Waals surface area contributed by atoms with Crippen LogP contribution in [0.5, 0.6) is 0 Å². The Morgan fingerprint density at radius 2 is 2.09 bits per heavy atom. The van der Waals surface area contributed by atoms with Gasteiger partial charge >= 0.3 is 0 Å². The lowest BCUT2D eigenvalue weighted by Crippen LogP contribution is -2.50. The van der Waals surface area contributed by atoms with Crippen LogP contribution in [0.4, 0.5) is 0 Å². The van der Waals surface area contributed by atoms with Gasteiger partial charge in [-0.15, -0.1) is 0 Å². The minimum atomic E-state index is -0.403. The summed E-state index contributed by atoms with van der Waals surface area (Å²) in [6.07, 6.45) is 1.72. The van der Waals surface area contributed by atoms with E-state index >= 15 is 0 Å². The molecule has 0 spiro atoms. The minimum Gasteiger partial charge on any atom is -0.376 e. The molecule has 0 aliphatic carbocycles. The average molecular weight is 303 g/mol. The first-order valence-corrected chi connectivity index (χ1v) is 8.32. The summed E-state index contributed by atoms with van der Waals surface area (Å²) in [5, 5.41) is 0. The molecule has 0 aromatic heterocycles. The molecule has 2 aliphatic heterocycles.